The number of fused-ring (bicyclic) bond motifs is 3. The van der Waals surface area contributed by atoms with Crippen molar-refractivity contribution in [3.63, 3.8) is 0 Å². The van der Waals surface area contributed by atoms with E-state index in [0.717, 1.165) is 11.1 Å². The van der Waals surface area contributed by atoms with Crippen molar-refractivity contribution in [3.05, 3.63) is 58.0 Å². The van der Waals surface area contributed by atoms with Crippen LogP contribution in [-0.4, -0.2) is 61.0 Å². The van der Waals surface area contributed by atoms with Crippen LogP contribution in [0.4, 0.5) is 11.4 Å². The first-order valence-electron chi connectivity index (χ1n) is 13.5. The number of hydrogen-bond acceptors (Lipinski definition) is 9. The highest BCUT2D eigenvalue weighted by atomic mass is 32.2. The maximum absolute atomic E-state index is 13.7. The summed E-state index contributed by atoms with van der Waals surface area (Å²) in [6.45, 7) is 1.45. The monoisotopic (exact) mass is 595 g/mol. The highest BCUT2D eigenvalue weighted by molar-refractivity contribution is 7.98. The summed E-state index contributed by atoms with van der Waals surface area (Å²) in [5, 5.41) is 13.2. The maximum atomic E-state index is 13.7. The Morgan fingerprint density at radius 2 is 1.90 bits per heavy atom. The van der Waals surface area contributed by atoms with E-state index in [2.05, 4.69) is 21.0 Å². The first kappa shape index (κ1) is 30.8. The van der Waals surface area contributed by atoms with Crippen LogP contribution in [0.2, 0.25) is 0 Å². The molecule has 1 heterocycles. The summed E-state index contributed by atoms with van der Waals surface area (Å²) in [6, 6.07) is 5.85. The molecule has 2 amide bonds. The summed E-state index contributed by atoms with van der Waals surface area (Å²) in [4.78, 5) is 39.2. The summed E-state index contributed by atoms with van der Waals surface area (Å²) in [5.74, 6) is 1.65. The smallest absolute Gasteiger partial charge is 0.246 e. The first-order chi connectivity index (χ1) is 20.2. The van der Waals surface area contributed by atoms with E-state index in [-0.39, 0.29) is 22.9 Å². The van der Waals surface area contributed by atoms with Crippen LogP contribution in [-0.2, 0) is 23.1 Å². The number of hydrogen-bond donors (Lipinski definition) is 3. The molecule has 1 aliphatic rings. The molecule has 12 heteroatoms. The number of nitrogens with zero attached hydrogens (tertiary/aromatic N) is 2. The molecule has 3 N–H and O–H groups in total. The second-order valence-corrected chi connectivity index (χ2v) is 11.0. The second-order valence-electron chi connectivity index (χ2n) is 9.97. The van der Waals surface area contributed by atoms with Gasteiger partial charge >= 0.3 is 0 Å². The minimum Gasteiger partial charge on any atom is -0.493 e. The fraction of sp³-hybridized carbons (Fsp3) is 0.400. The molecular formula is C30H37N5O6S. The number of rotatable bonds is 11. The predicted octanol–water partition coefficient (Wildman–Crippen LogP) is 3.77. The lowest BCUT2D eigenvalue weighted by Gasteiger charge is -2.19. The van der Waals surface area contributed by atoms with Crippen molar-refractivity contribution in [1.29, 1.82) is 0 Å². The lowest BCUT2D eigenvalue weighted by Crippen LogP contribution is -2.36. The Labute approximate surface area is 249 Å². The third kappa shape index (κ3) is 6.64. The Kier molecular flexibility index (Phi) is 10.00. The Bertz CT molecular complexity index is 1520. The van der Waals surface area contributed by atoms with Crippen molar-refractivity contribution in [2.45, 2.75) is 38.3 Å². The quantitative estimate of drug-likeness (QED) is 0.303. The molecule has 2 atom stereocenters. The van der Waals surface area contributed by atoms with Crippen molar-refractivity contribution in [3.8, 4) is 28.4 Å². The van der Waals surface area contributed by atoms with Crippen LogP contribution >= 0.6 is 11.8 Å². The van der Waals surface area contributed by atoms with Crippen molar-refractivity contribution in [1.82, 2.24) is 15.1 Å². The molecule has 224 valence electrons. The number of nitrogens with one attached hydrogen (secondary N) is 3. The average Bonchev–Trinajstić information content (AvgIpc) is 3.23. The Balaban J connectivity index is 1.84. The minimum absolute atomic E-state index is 0.208. The van der Waals surface area contributed by atoms with Gasteiger partial charge < -0.3 is 30.2 Å². The van der Waals surface area contributed by atoms with E-state index in [9.17, 15) is 14.4 Å². The molecule has 0 saturated carbocycles. The van der Waals surface area contributed by atoms with Crippen LogP contribution in [0.25, 0.3) is 11.1 Å². The summed E-state index contributed by atoms with van der Waals surface area (Å²) in [5.41, 5.74) is 3.57. The Morgan fingerprint density at radius 3 is 2.52 bits per heavy atom. The SMILES string of the molecule is COc1cc2c(c(OC)c1OC)-c1ccc(N[C@@H](CCSC)C(=O)Nc3cnn(C)c3)c(=O)cc1[C@@H](NC(C)=O)CC2. The molecular weight excluding hydrogens is 558 g/mol. The molecule has 0 aliphatic heterocycles. The van der Waals surface area contributed by atoms with E-state index in [1.807, 2.05) is 18.4 Å². The van der Waals surface area contributed by atoms with Gasteiger partial charge in [0.15, 0.2) is 11.5 Å². The normalized spacial score (nSPS) is 14.5. The molecule has 1 aromatic heterocycles. The van der Waals surface area contributed by atoms with Crippen LogP contribution in [0.5, 0.6) is 17.2 Å². The number of amides is 2. The van der Waals surface area contributed by atoms with Crippen LogP contribution in [0.1, 0.15) is 36.9 Å². The van der Waals surface area contributed by atoms with E-state index in [1.54, 1.807) is 63.3 Å². The number of benzene rings is 1. The predicted molar refractivity (Wildman–Crippen MR) is 165 cm³/mol. The standard InChI is InChI=1S/C30H37N5O6S/c1-17(36)32-22-9-7-18-13-26(39-3)28(40-4)29(41-5)27(18)20-8-10-23(25(37)14-21(20)22)34-24(11-12-42-6)30(38)33-19-15-31-35(2)16-19/h8,10,13-16,22,24H,7,9,11-12H2,1-6H3,(H,32,36)(H,33,38)(H,34,37)/t22-,24-/m0/s1. The molecule has 0 bridgehead atoms. The van der Waals surface area contributed by atoms with Gasteiger partial charge in [0.2, 0.25) is 23.0 Å². The van der Waals surface area contributed by atoms with Gasteiger partial charge in [-0.15, -0.1) is 0 Å². The summed E-state index contributed by atoms with van der Waals surface area (Å²) >= 11 is 1.61. The molecule has 0 radical (unpaired) electrons. The number of carbonyl (C=O) groups excluding carboxylic acids is 2. The fourth-order valence-electron chi connectivity index (χ4n) is 5.23. The first-order valence-corrected chi connectivity index (χ1v) is 14.9. The molecule has 4 rings (SSSR count). The lowest BCUT2D eigenvalue weighted by atomic mass is 9.95. The maximum Gasteiger partial charge on any atom is 0.246 e. The number of anilines is 2. The van der Waals surface area contributed by atoms with Crippen molar-refractivity contribution < 1.29 is 23.8 Å². The van der Waals surface area contributed by atoms with Gasteiger partial charge in [0.25, 0.3) is 0 Å². The second kappa shape index (κ2) is 13.6. The lowest BCUT2D eigenvalue weighted by molar-refractivity contribution is -0.120. The molecule has 0 spiro atoms. The third-order valence-corrected chi connectivity index (χ3v) is 7.79. The average molecular weight is 596 g/mol. The Morgan fingerprint density at radius 1 is 1.14 bits per heavy atom. The van der Waals surface area contributed by atoms with Gasteiger partial charge in [-0.05, 0) is 66.2 Å². The molecule has 42 heavy (non-hydrogen) atoms. The zero-order valence-corrected chi connectivity index (χ0v) is 25.5. The van der Waals surface area contributed by atoms with E-state index >= 15 is 0 Å². The van der Waals surface area contributed by atoms with Gasteiger partial charge in [-0.1, -0.05) is 6.07 Å². The highest BCUT2D eigenvalue weighted by Gasteiger charge is 2.30. The van der Waals surface area contributed by atoms with Gasteiger partial charge in [0, 0.05) is 25.7 Å². The van der Waals surface area contributed by atoms with Crippen molar-refractivity contribution in [2.75, 3.05) is 44.0 Å². The molecule has 0 saturated heterocycles. The van der Waals surface area contributed by atoms with Crippen LogP contribution < -0.4 is 35.6 Å². The van der Waals surface area contributed by atoms with Crippen LogP contribution in [0, 0.1) is 0 Å². The van der Waals surface area contributed by atoms with Crippen molar-refractivity contribution in [2.24, 2.45) is 7.05 Å². The number of methoxy groups -OCH3 is 3. The van der Waals surface area contributed by atoms with Crippen molar-refractivity contribution >= 4 is 35.0 Å². The summed E-state index contributed by atoms with van der Waals surface area (Å²) < 4.78 is 18.7. The molecule has 0 unspecified atom stereocenters. The highest BCUT2D eigenvalue weighted by Crippen LogP contribution is 2.50. The summed E-state index contributed by atoms with van der Waals surface area (Å²) in [6.07, 6.45) is 6.88. The minimum atomic E-state index is -0.676. The number of carbonyl (C=O) groups is 2. The van der Waals surface area contributed by atoms with Crippen LogP contribution in [0.3, 0.4) is 0 Å². The third-order valence-electron chi connectivity index (χ3n) is 7.15. The number of thioether (sulfide) groups is 1. The van der Waals surface area contributed by atoms with Gasteiger partial charge in [0.1, 0.15) is 6.04 Å². The number of aromatic nitrogens is 2. The van der Waals surface area contributed by atoms with E-state index in [4.69, 9.17) is 14.2 Å². The molecule has 1 aliphatic carbocycles. The van der Waals surface area contributed by atoms with E-state index in [0.29, 0.717) is 59.1 Å². The molecule has 11 nitrogen and oxygen atoms in total. The van der Waals surface area contributed by atoms with Crippen LogP contribution in [0.15, 0.2) is 41.5 Å². The zero-order valence-electron chi connectivity index (χ0n) is 24.7. The van der Waals surface area contributed by atoms with Gasteiger partial charge in [-0.25, -0.2) is 0 Å². The van der Waals surface area contributed by atoms with Gasteiger partial charge in [-0.3, -0.25) is 19.1 Å². The van der Waals surface area contributed by atoms with Gasteiger partial charge in [-0.2, -0.15) is 16.9 Å². The fourth-order valence-corrected chi connectivity index (χ4v) is 5.71. The van der Waals surface area contributed by atoms with E-state index in [1.165, 1.54) is 13.0 Å². The molecule has 3 aromatic rings. The summed E-state index contributed by atoms with van der Waals surface area (Å²) in [7, 11) is 6.43. The molecule has 0 fully saturated rings. The van der Waals surface area contributed by atoms with E-state index < -0.39 is 12.1 Å². The Hall–Kier alpha value is -4.19. The molecule has 2 aromatic carbocycles. The van der Waals surface area contributed by atoms with Gasteiger partial charge in [0.05, 0.1) is 44.9 Å². The number of aryl methyl sites for hydroxylation is 2. The topological polar surface area (TPSA) is 133 Å². The number of ether oxygens (including phenoxy) is 3. The largest absolute Gasteiger partial charge is 0.493 e. The zero-order chi connectivity index (χ0) is 30.4.